The Morgan fingerprint density at radius 3 is 2.68 bits per heavy atom. The minimum atomic E-state index is -0.424. The molecule has 4 N–H and O–H groups in total. The van der Waals surface area contributed by atoms with Crippen LogP contribution in [-0.4, -0.2) is 30.0 Å². The number of hydrogen-bond donors (Lipinski definition) is 3. The maximum Gasteiger partial charge on any atom is 0.237 e. The van der Waals surface area contributed by atoms with Crippen molar-refractivity contribution in [2.24, 2.45) is 11.7 Å². The van der Waals surface area contributed by atoms with E-state index in [1.165, 1.54) is 0 Å². The van der Waals surface area contributed by atoms with E-state index in [-0.39, 0.29) is 11.8 Å². The van der Waals surface area contributed by atoms with Gasteiger partial charge in [0.2, 0.25) is 5.91 Å². The van der Waals surface area contributed by atoms with Crippen LogP contribution in [0.3, 0.4) is 0 Å². The van der Waals surface area contributed by atoms with E-state index in [4.69, 9.17) is 5.73 Å². The number of nitrogens with one attached hydrogen (secondary N) is 2. The van der Waals surface area contributed by atoms with Crippen molar-refractivity contribution in [2.45, 2.75) is 33.2 Å². The summed E-state index contributed by atoms with van der Waals surface area (Å²) in [6, 6.07) is 3.54. The molecule has 0 aliphatic heterocycles. The zero-order chi connectivity index (χ0) is 14.3. The number of carbonyl (C=O) groups excluding carboxylic acids is 1. The summed E-state index contributed by atoms with van der Waals surface area (Å²) in [6.07, 6.45) is 2.66. The van der Waals surface area contributed by atoms with Crippen LogP contribution in [0, 0.1) is 12.8 Å². The van der Waals surface area contributed by atoms with Gasteiger partial charge in [-0.25, -0.2) is 4.98 Å². The lowest BCUT2D eigenvalue weighted by Gasteiger charge is -2.15. The minimum Gasteiger partial charge on any atom is -0.370 e. The second-order valence-electron chi connectivity index (χ2n) is 5.06. The highest BCUT2D eigenvalue weighted by atomic mass is 16.2. The number of aromatic nitrogens is 1. The third-order valence-electron chi connectivity index (χ3n) is 2.89. The quantitative estimate of drug-likeness (QED) is 0.648. The van der Waals surface area contributed by atoms with Gasteiger partial charge >= 0.3 is 0 Å². The number of rotatable bonds is 7. The predicted molar refractivity (Wildman–Crippen MR) is 77.9 cm³/mol. The maximum absolute atomic E-state index is 11.6. The van der Waals surface area contributed by atoms with Crippen LogP contribution >= 0.6 is 0 Å². The number of carbonyl (C=O) groups is 1. The van der Waals surface area contributed by atoms with Gasteiger partial charge in [0.1, 0.15) is 5.82 Å². The van der Waals surface area contributed by atoms with E-state index in [0.29, 0.717) is 6.54 Å². The monoisotopic (exact) mass is 264 g/mol. The average Bonchev–Trinajstić information content (AvgIpc) is 2.39. The average molecular weight is 264 g/mol. The Labute approximate surface area is 115 Å². The number of amides is 1. The van der Waals surface area contributed by atoms with Gasteiger partial charge in [-0.3, -0.25) is 4.79 Å². The van der Waals surface area contributed by atoms with Crippen molar-refractivity contribution in [3.8, 4) is 0 Å². The molecule has 19 heavy (non-hydrogen) atoms. The van der Waals surface area contributed by atoms with Crippen LogP contribution in [-0.2, 0) is 4.79 Å². The van der Waals surface area contributed by atoms with E-state index < -0.39 is 6.04 Å². The summed E-state index contributed by atoms with van der Waals surface area (Å²) in [5, 5.41) is 6.04. The molecular weight excluding hydrogens is 240 g/mol. The van der Waals surface area contributed by atoms with Crippen LogP contribution < -0.4 is 16.4 Å². The molecule has 1 aromatic heterocycles. The highest BCUT2D eigenvalue weighted by Gasteiger charge is 2.15. The van der Waals surface area contributed by atoms with E-state index in [2.05, 4.69) is 15.6 Å². The largest absolute Gasteiger partial charge is 0.370 e. The van der Waals surface area contributed by atoms with Gasteiger partial charge in [-0.1, -0.05) is 19.9 Å². The summed E-state index contributed by atoms with van der Waals surface area (Å²) in [5.74, 6) is 0.939. The van der Waals surface area contributed by atoms with E-state index in [1.54, 1.807) is 0 Å². The minimum absolute atomic E-state index is 0.0801. The Morgan fingerprint density at radius 1 is 1.37 bits per heavy atom. The third kappa shape index (κ3) is 5.70. The van der Waals surface area contributed by atoms with E-state index in [9.17, 15) is 4.79 Å². The second-order valence-corrected chi connectivity index (χ2v) is 5.06. The van der Waals surface area contributed by atoms with Crippen LogP contribution in [0.25, 0.3) is 0 Å². The molecule has 5 heteroatoms. The van der Waals surface area contributed by atoms with Crippen LogP contribution in [0.15, 0.2) is 18.3 Å². The van der Waals surface area contributed by atoms with Crippen molar-refractivity contribution in [3.05, 3.63) is 23.9 Å². The van der Waals surface area contributed by atoms with Gasteiger partial charge in [0.25, 0.3) is 0 Å². The molecule has 0 saturated carbocycles. The molecule has 0 spiro atoms. The Morgan fingerprint density at radius 2 is 2.11 bits per heavy atom. The van der Waals surface area contributed by atoms with Crippen LogP contribution in [0.1, 0.15) is 25.8 Å². The molecule has 0 bridgehead atoms. The zero-order valence-electron chi connectivity index (χ0n) is 11.9. The first kappa shape index (κ1) is 15.4. The molecule has 1 aromatic rings. The molecule has 0 aromatic carbocycles. The van der Waals surface area contributed by atoms with Crippen molar-refractivity contribution in [1.29, 1.82) is 0 Å². The molecule has 5 nitrogen and oxygen atoms in total. The Bertz CT molecular complexity index is 389. The van der Waals surface area contributed by atoms with Gasteiger partial charge in [-0.05, 0) is 30.9 Å². The molecule has 0 saturated heterocycles. The molecule has 1 amide bonds. The summed E-state index contributed by atoms with van der Waals surface area (Å²) >= 11 is 0. The molecule has 0 aliphatic carbocycles. The SMILES string of the molecule is Cc1ccc(NCCCNC(=O)[C@@H](N)C(C)C)nc1. The fourth-order valence-electron chi connectivity index (χ4n) is 1.51. The summed E-state index contributed by atoms with van der Waals surface area (Å²) < 4.78 is 0. The summed E-state index contributed by atoms with van der Waals surface area (Å²) in [6.45, 7) is 7.28. The standard InChI is InChI=1S/C14H24N4O/c1-10(2)13(15)14(19)17-8-4-7-16-12-6-5-11(3)9-18-12/h5-6,9-10,13H,4,7-8,15H2,1-3H3,(H,16,18)(H,17,19)/t13-/m0/s1. The molecule has 0 radical (unpaired) electrons. The van der Waals surface area contributed by atoms with Crippen molar-refractivity contribution in [2.75, 3.05) is 18.4 Å². The Balaban J connectivity index is 2.14. The molecule has 0 unspecified atom stereocenters. The van der Waals surface area contributed by atoms with Crippen molar-refractivity contribution < 1.29 is 4.79 Å². The van der Waals surface area contributed by atoms with Gasteiger partial charge in [0, 0.05) is 19.3 Å². The first-order chi connectivity index (χ1) is 9.00. The molecule has 1 atom stereocenters. The normalized spacial score (nSPS) is 12.3. The van der Waals surface area contributed by atoms with Crippen LogP contribution in [0.2, 0.25) is 0 Å². The van der Waals surface area contributed by atoms with Crippen molar-refractivity contribution in [3.63, 3.8) is 0 Å². The number of aryl methyl sites for hydroxylation is 1. The zero-order valence-corrected chi connectivity index (χ0v) is 11.9. The maximum atomic E-state index is 11.6. The molecule has 1 rings (SSSR count). The molecule has 1 heterocycles. The number of anilines is 1. The van der Waals surface area contributed by atoms with Gasteiger partial charge in [0.05, 0.1) is 6.04 Å². The van der Waals surface area contributed by atoms with E-state index in [1.807, 2.05) is 39.1 Å². The van der Waals surface area contributed by atoms with E-state index in [0.717, 1.165) is 24.3 Å². The lowest BCUT2D eigenvalue weighted by atomic mass is 10.1. The molecule has 0 aliphatic rings. The predicted octanol–water partition coefficient (Wildman–Crippen LogP) is 1.29. The van der Waals surface area contributed by atoms with Crippen LogP contribution in [0.4, 0.5) is 5.82 Å². The first-order valence-corrected chi connectivity index (χ1v) is 6.70. The van der Waals surface area contributed by atoms with Gasteiger partial charge < -0.3 is 16.4 Å². The molecule has 0 fully saturated rings. The van der Waals surface area contributed by atoms with Gasteiger partial charge in [0.15, 0.2) is 0 Å². The number of hydrogen-bond acceptors (Lipinski definition) is 4. The lowest BCUT2D eigenvalue weighted by Crippen LogP contribution is -2.44. The lowest BCUT2D eigenvalue weighted by molar-refractivity contribution is -0.123. The number of pyridine rings is 1. The number of nitrogens with zero attached hydrogens (tertiary/aromatic N) is 1. The fraction of sp³-hybridized carbons (Fsp3) is 0.571. The Kier molecular flexibility index (Phi) is 6.29. The summed E-state index contributed by atoms with van der Waals surface area (Å²) in [4.78, 5) is 15.8. The topological polar surface area (TPSA) is 80.0 Å². The van der Waals surface area contributed by atoms with Crippen molar-refractivity contribution >= 4 is 11.7 Å². The number of nitrogens with two attached hydrogens (primary N) is 1. The second kappa shape index (κ2) is 7.74. The summed E-state index contributed by atoms with van der Waals surface area (Å²) in [7, 11) is 0. The highest BCUT2D eigenvalue weighted by Crippen LogP contribution is 2.03. The van der Waals surface area contributed by atoms with Gasteiger partial charge in [-0.15, -0.1) is 0 Å². The fourth-order valence-corrected chi connectivity index (χ4v) is 1.51. The van der Waals surface area contributed by atoms with Crippen molar-refractivity contribution in [1.82, 2.24) is 10.3 Å². The molecule has 106 valence electrons. The summed E-state index contributed by atoms with van der Waals surface area (Å²) in [5.41, 5.74) is 6.88. The smallest absolute Gasteiger partial charge is 0.237 e. The van der Waals surface area contributed by atoms with Gasteiger partial charge in [-0.2, -0.15) is 0 Å². The Hall–Kier alpha value is -1.62. The van der Waals surface area contributed by atoms with E-state index >= 15 is 0 Å². The third-order valence-corrected chi connectivity index (χ3v) is 2.89. The highest BCUT2D eigenvalue weighted by molar-refractivity contribution is 5.81. The van der Waals surface area contributed by atoms with Crippen LogP contribution in [0.5, 0.6) is 0 Å². The molecular formula is C14H24N4O. The first-order valence-electron chi connectivity index (χ1n) is 6.70.